The first-order valence-corrected chi connectivity index (χ1v) is 8.86. The zero-order valence-electron chi connectivity index (χ0n) is 16.0. The fraction of sp³-hybridized carbons (Fsp3) is 0.350. The molecule has 28 heavy (non-hydrogen) atoms. The van der Waals surface area contributed by atoms with Crippen LogP contribution in [0.4, 0.5) is 5.69 Å². The van der Waals surface area contributed by atoms with Crippen molar-refractivity contribution in [3.8, 4) is 17.9 Å². The predicted molar refractivity (Wildman–Crippen MR) is 104 cm³/mol. The first-order valence-electron chi connectivity index (χ1n) is 8.86. The van der Waals surface area contributed by atoms with Gasteiger partial charge in [-0.05, 0) is 37.3 Å². The first kappa shape index (κ1) is 20.7. The SMILES string of the molecule is CCOC(=O)/C(C#N)=C/C(C#N)=C(\N)N1CCN(c2ccc(OC)cc2)CC1. The van der Waals surface area contributed by atoms with Gasteiger partial charge in [-0.25, -0.2) is 4.79 Å². The zero-order valence-corrected chi connectivity index (χ0v) is 16.0. The van der Waals surface area contributed by atoms with Gasteiger partial charge in [-0.2, -0.15) is 10.5 Å². The second-order valence-electron chi connectivity index (χ2n) is 5.97. The number of anilines is 1. The number of benzene rings is 1. The lowest BCUT2D eigenvalue weighted by atomic mass is 10.1. The topological polar surface area (TPSA) is 116 Å². The van der Waals surface area contributed by atoms with Crippen molar-refractivity contribution in [2.45, 2.75) is 6.92 Å². The van der Waals surface area contributed by atoms with Crippen LogP contribution in [0.2, 0.25) is 0 Å². The molecule has 0 amide bonds. The molecular formula is C20H23N5O3. The third-order valence-corrected chi connectivity index (χ3v) is 4.36. The number of nitrogens with zero attached hydrogens (tertiary/aromatic N) is 4. The summed E-state index contributed by atoms with van der Waals surface area (Å²) in [7, 11) is 1.63. The summed E-state index contributed by atoms with van der Waals surface area (Å²) in [5.74, 6) is 0.277. The molecule has 1 aliphatic heterocycles. The van der Waals surface area contributed by atoms with Crippen molar-refractivity contribution in [3.05, 3.63) is 47.3 Å². The number of hydrogen-bond donors (Lipinski definition) is 1. The van der Waals surface area contributed by atoms with Crippen molar-refractivity contribution in [2.24, 2.45) is 5.73 Å². The monoisotopic (exact) mass is 381 g/mol. The molecule has 1 fully saturated rings. The Bertz CT molecular complexity index is 838. The Hall–Kier alpha value is -3.65. The number of carbonyl (C=O) groups is 1. The average molecular weight is 381 g/mol. The second kappa shape index (κ2) is 9.89. The molecule has 1 aromatic carbocycles. The molecule has 0 unspecified atom stereocenters. The van der Waals surface area contributed by atoms with E-state index in [1.165, 1.54) is 6.08 Å². The lowest BCUT2D eigenvalue weighted by Gasteiger charge is -2.37. The fourth-order valence-corrected chi connectivity index (χ4v) is 2.82. The van der Waals surface area contributed by atoms with Crippen molar-refractivity contribution in [1.82, 2.24) is 4.90 Å². The van der Waals surface area contributed by atoms with E-state index in [0.717, 1.165) is 24.5 Å². The summed E-state index contributed by atoms with van der Waals surface area (Å²) in [6.45, 7) is 4.45. The summed E-state index contributed by atoms with van der Waals surface area (Å²) in [6.07, 6.45) is 1.18. The number of methoxy groups -OCH3 is 1. The summed E-state index contributed by atoms with van der Waals surface area (Å²) in [5.41, 5.74) is 7.05. The van der Waals surface area contributed by atoms with Crippen LogP contribution in [0.1, 0.15) is 6.92 Å². The predicted octanol–water partition coefficient (Wildman–Crippen LogP) is 1.52. The summed E-state index contributed by atoms with van der Waals surface area (Å²) in [5, 5.41) is 18.6. The molecular weight excluding hydrogens is 358 g/mol. The third kappa shape index (κ3) is 4.95. The molecule has 1 saturated heterocycles. The molecule has 2 rings (SSSR count). The van der Waals surface area contributed by atoms with Gasteiger partial charge in [-0.15, -0.1) is 0 Å². The number of carbonyl (C=O) groups excluding carboxylic acids is 1. The van der Waals surface area contributed by atoms with Crippen LogP contribution in [-0.2, 0) is 9.53 Å². The maximum atomic E-state index is 11.8. The number of piperazine rings is 1. The zero-order chi connectivity index (χ0) is 20.5. The summed E-state index contributed by atoms with van der Waals surface area (Å²) >= 11 is 0. The molecule has 0 spiro atoms. The number of nitrogens with two attached hydrogens (primary N) is 1. The van der Waals surface area contributed by atoms with Gasteiger partial charge in [-0.1, -0.05) is 0 Å². The third-order valence-electron chi connectivity index (χ3n) is 4.36. The van der Waals surface area contributed by atoms with Crippen molar-refractivity contribution in [1.29, 1.82) is 10.5 Å². The van der Waals surface area contributed by atoms with E-state index >= 15 is 0 Å². The molecule has 1 heterocycles. The van der Waals surface area contributed by atoms with Crippen LogP contribution in [0.25, 0.3) is 0 Å². The average Bonchev–Trinajstić information content (AvgIpc) is 2.74. The summed E-state index contributed by atoms with van der Waals surface area (Å²) < 4.78 is 9.99. The van der Waals surface area contributed by atoms with Gasteiger partial charge in [0.2, 0.25) is 0 Å². The Morgan fingerprint density at radius 2 is 1.82 bits per heavy atom. The maximum absolute atomic E-state index is 11.8. The molecule has 0 bridgehead atoms. The molecule has 8 heteroatoms. The van der Waals surface area contributed by atoms with Gasteiger partial charge in [0.05, 0.1) is 19.3 Å². The highest BCUT2D eigenvalue weighted by Crippen LogP contribution is 2.21. The molecule has 0 radical (unpaired) electrons. The molecule has 146 valence electrons. The van der Waals surface area contributed by atoms with Gasteiger partial charge in [0.1, 0.15) is 29.3 Å². The van der Waals surface area contributed by atoms with Crippen LogP contribution in [0.3, 0.4) is 0 Å². The molecule has 1 aromatic rings. The van der Waals surface area contributed by atoms with E-state index in [1.807, 2.05) is 35.2 Å². The van der Waals surface area contributed by atoms with E-state index in [9.17, 15) is 10.1 Å². The highest BCUT2D eigenvalue weighted by Gasteiger charge is 2.20. The number of hydrogen-bond acceptors (Lipinski definition) is 8. The molecule has 1 aliphatic rings. The van der Waals surface area contributed by atoms with E-state index in [1.54, 1.807) is 20.1 Å². The van der Waals surface area contributed by atoms with Gasteiger partial charge < -0.3 is 25.0 Å². The molecule has 0 aliphatic carbocycles. The van der Waals surface area contributed by atoms with Gasteiger partial charge >= 0.3 is 5.97 Å². The largest absolute Gasteiger partial charge is 0.497 e. The summed E-state index contributed by atoms with van der Waals surface area (Å²) in [6, 6.07) is 11.5. The number of ether oxygens (including phenoxy) is 2. The number of nitriles is 2. The lowest BCUT2D eigenvalue weighted by molar-refractivity contribution is -0.138. The van der Waals surface area contributed by atoms with E-state index < -0.39 is 5.97 Å². The molecule has 0 aromatic heterocycles. The molecule has 0 atom stereocenters. The Morgan fingerprint density at radius 1 is 1.18 bits per heavy atom. The Kier molecular flexibility index (Phi) is 7.29. The highest BCUT2D eigenvalue weighted by molar-refractivity contribution is 5.93. The van der Waals surface area contributed by atoms with Gasteiger partial charge in [0.15, 0.2) is 0 Å². The van der Waals surface area contributed by atoms with Crippen LogP contribution in [0.15, 0.2) is 47.3 Å². The standard InChI is InChI=1S/C20H23N5O3/c1-3-28-20(26)16(14-22)12-15(13-21)19(23)25-10-8-24(9-11-25)17-4-6-18(27-2)7-5-17/h4-7,12H,3,8-11,23H2,1-2H3/b16-12+,19-15-. The van der Waals surface area contributed by atoms with Crippen molar-refractivity contribution < 1.29 is 14.3 Å². The number of rotatable bonds is 6. The van der Waals surface area contributed by atoms with E-state index in [2.05, 4.69) is 4.90 Å². The van der Waals surface area contributed by atoms with Crippen molar-refractivity contribution >= 4 is 11.7 Å². The van der Waals surface area contributed by atoms with Gasteiger partial charge in [0, 0.05) is 31.9 Å². The minimum atomic E-state index is -0.769. The normalized spacial score (nSPS) is 15.2. The molecule has 8 nitrogen and oxygen atoms in total. The van der Waals surface area contributed by atoms with E-state index in [4.69, 9.17) is 20.5 Å². The number of esters is 1. The highest BCUT2D eigenvalue weighted by atomic mass is 16.5. The summed E-state index contributed by atoms with van der Waals surface area (Å²) in [4.78, 5) is 15.8. The fourth-order valence-electron chi connectivity index (χ4n) is 2.82. The Labute approximate surface area is 164 Å². The van der Waals surface area contributed by atoms with E-state index in [-0.39, 0.29) is 23.6 Å². The second-order valence-corrected chi connectivity index (χ2v) is 5.97. The van der Waals surface area contributed by atoms with Crippen LogP contribution >= 0.6 is 0 Å². The first-order chi connectivity index (χ1) is 13.5. The smallest absolute Gasteiger partial charge is 0.348 e. The molecule has 2 N–H and O–H groups in total. The van der Waals surface area contributed by atoms with Crippen molar-refractivity contribution in [2.75, 3.05) is 44.8 Å². The van der Waals surface area contributed by atoms with Crippen LogP contribution in [0.5, 0.6) is 5.75 Å². The quantitative estimate of drug-likeness (QED) is 0.341. The van der Waals surface area contributed by atoms with Gasteiger partial charge in [0.25, 0.3) is 0 Å². The molecule has 0 saturated carbocycles. The lowest BCUT2D eigenvalue weighted by Crippen LogP contribution is -2.47. The van der Waals surface area contributed by atoms with Crippen molar-refractivity contribution in [3.63, 3.8) is 0 Å². The van der Waals surface area contributed by atoms with Crippen LogP contribution < -0.4 is 15.4 Å². The minimum absolute atomic E-state index is 0.0718. The Morgan fingerprint density at radius 3 is 2.32 bits per heavy atom. The number of allylic oxidation sites excluding steroid dienone is 2. The minimum Gasteiger partial charge on any atom is -0.497 e. The van der Waals surface area contributed by atoms with Gasteiger partial charge in [-0.3, -0.25) is 0 Å². The maximum Gasteiger partial charge on any atom is 0.348 e. The van der Waals surface area contributed by atoms with E-state index in [0.29, 0.717) is 13.1 Å². The van der Waals surface area contributed by atoms with Crippen LogP contribution in [-0.4, -0.2) is 50.8 Å². The Balaban J connectivity index is 2.11. The van der Waals surface area contributed by atoms with Crippen LogP contribution in [0, 0.1) is 22.7 Å².